The first-order valence-corrected chi connectivity index (χ1v) is 8.25. The van der Waals surface area contributed by atoms with E-state index in [0.29, 0.717) is 11.4 Å². The number of pyridine rings is 1. The van der Waals surface area contributed by atoms with Crippen LogP contribution in [0.15, 0.2) is 77.4 Å². The normalized spacial score (nSPS) is 10.2. The number of nitrogens with zero attached hydrogens (tertiary/aromatic N) is 2. The molecule has 1 N–H and O–H groups in total. The standard InChI is InChI=1S/C19H16BrN3O/c1-23(15-7-3-2-4-8-15)18-13-14(11-12-21-18)19(24)22-17-10-6-5-9-16(17)20/h2-13H,1H3,(H,22,24). The Morgan fingerprint density at radius 2 is 1.75 bits per heavy atom. The van der Waals surface area contributed by atoms with Crippen LogP contribution in [0.1, 0.15) is 10.4 Å². The van der Waals surface area contributed by atoms with E-state index in [0.717, 1.165) is 15.8 Å². The van der Waals surface area contributed by atoms with Gasteiger partial charge in [-0.25, -0.2) is 4.98 Å². The molecule has 2 aromatic carbocycles. The average molecular weight is 382 g/mol. The number of benzene rings is 2. The second kappa shape index (κ2) is 7.27. The van der Waals surface area contributed by atoms with Gasteiger partial charge in [-0.1, -0.05) is 30.3 Å². The van der Waals surface area contributed by atoms with Gasteiger partial charge < -0.3 is 10.2 Å². The lowest BCUT2D eigenvalue weighted by atomic mass is 10.2. The Morgan fingerprint density at radius 3 is 2.50 bits per heavy atom. The number of carbonyl (C=O) groups excluding carboxylic acids is 1. The first kappa shape index (κ1) is 16.2. The Kier molecular flexibility index (Phi) is 4.91. The molecule has 0 fully saturated rings. The number of aromatic nitrogens is 1. The fourth-order valence-corrected chi connectivity index (χ4v) is 2.67. The van der Waals surface area contributed by atoms with E-state index < -0.39 is 0 Å². The molecule has 0 unspecified atom stereocenters. The molecular formula is C19H16BrN3O. The van der Waals surface area contributed by atoms with E-state index in [-0.39, 0.29) is 5.91 Å². The Hall–Kier alpha value is -2.66. The molecule has 120 valence electrons. The van der Waals surface area contributed by atoms with Crippen LogP contribution in [-0.2, 0) is 0 Å². The van der Waals surface area contributed by atoms with Crippen LogP contribution in [0.5, 0.6) is 0 Å². The number of carbonyl (C=O) groups is 1. The molecule has 0 aliphatic carbocycles. The molecule has 5 heteroatoms. The van der Waals surface area contributed by atoms with Gasteiger partial charge in [0.1, 0.15) is 5.82 Å². The molecule has 0 radical (unpaired) electrons. The van der Waals surface area contributed by atoms with Crippen LogP contribution in [-0.4, -0.2) is 17.9 Å². The monoisotopic (exact) mass is 381 g/mol. The third-order valence-corrected chi connectivity index (χ3v) is 4.31. The Labute approximate surface area is 149 Å². The maximum atomic E-state index is 12.5. The quantitative estimate of drug-likeness (QED) is 0.701. The van der Waals surface area contributed by atoms with E-state index in [1.165, 1.54) is 0 Å². The minimum Gasteiger partial charge on any atom is -0.329 e. The van der Waals surface area contributed by atoms with Crippen molar-refractivity contribution in [1.82, 2.24) is 4.98 Å². The second-order valence-electron chi connectivity index (χ2n) is 5.23. The average Bonchev–Trinajstić information content (AvgIpc) is 2.64. The van der Waals surface area contributed by atoms with Gasteiger partial charge in [0.25, 0.3) is 5.91 Å². The SMILES string of the molecule is CN(c1ccccc1)c1cc(C(=O)Nc2ccccc2Br)ccn1. The van der Waals surface area contributed by atoms with E-state index in [1.807, 2.05) is 66.5 Å². The third kappa shape index (κ3) is 3.63. The van der Waals surface area contributed by atoms with Gasteiger partial charge in [-0.3, -0.25) is 4.79 Å². The highest BCUT2D eigenvalue weighted by molar-refractivity contribution is 9.10. The Balaban J connectivity index is 1.83. The summed E-state index contributed by atoms with van der Waals surface area (Å²) in [5.41, 5.74) is 2.30. The summed E-state index contributed by atoms with van der Waals surface area (Å²) in [4.78, 5) is 18.8. The summed E-state index contributed by atoms with van der Waals surface area (Å²) in [5, 5.41) is 2.90. The third-order valence-electron chi connectivity index (χ3n) is 3.62. The molecular weight excluding hydrogens is 366 g/mol. The van der Waals surface area contributed by atoms with Crippen molar-refractivity contribution in [1.29, 1.82) is 0 Å². The Bertz CT molecular complexity index is 852. The van der Waals surface area contributed by atoms with Crippen molar-refractivity contribution >= 4 is 39.0 Å². The smallest absolute Gasteiger partial charge is 0.255 e. The van der Waals surface area contributed by atoms with Crippen LogP contribution in [0.4, 0.5) is 17.2 Å². The molecule has 0 spiro atoms. The number of nitrogens with one attached hydrogen (secondary N) is 1. The van der Waals surface area contributed by atoms with E-state index in [9.17, 15) is 4.79 Å². The molecule has 0 aliphatic heterocycles. The van der Waals surface area contributed by atoms with E-state index >= 15 is 0 Å². The summed E-state index contributed by atoms with van der Waals surface area (Å²) in [6.07, 6.45) is 1.64. The van der Waals surface area contributed by atoms with Crippen molar-refractivity contribution in [3.8, 4) is 0 Å². The van der Waals surface area contributed by atoms with Gasteiger partial charge in [0.15, 0.2) is 0 Å². The lowest BCUT2D eigenvalue weighted by molar-refractivity contribution is 0.102. The highest BCUT2D eigenvalue weighted by atomic mass is 79.9. The number of halogens is 1. The summed E-state index contributed by atoms with van der Waals surface area (Å²) in [6, 6.07) is 20.9. The van der Waals surface area contributed by atoms with Gasteiger partial charge in [-0.15, -0.1) is 0 Å². The second-order valence-corrected chi connectivity index (χ2v) is 6.09. The van der Waals surface area contributed by atoms with Crippen molar-refractivity contribution in [3.05, 3.63) is 83.0 Å². The summed E-state index contributed by atoms with van der Waals surface area (Å²) < 4.78 is 0.842. The van der Waals surface area contributed by atoms with Crippen LogP contribution in [0.2, 0.25) is 0 Å². The van der Waals surface area contributed by atoms with E-state index in [4.69, 9.17) is 0 Å². The van der Waals surface area contributed by atoms with Crippen molar-refractivity contribution in [2.45, 2.75) is 0 Å². The molecule has 0 saturated carbocycles. The van der Waals surface area contributed by atoms with Crippen LogP contribution < -0.4 is 10.2 Å². The lowest BCUT2D eigenvalue weighted by Gasteiger charge is -2.18. The van der Waals surface area contributed by atoms with Gasteiger partial charge in [0, 0.05) is 29.0 Å². The number of para-hydroxylation sites is 2. The van der Waals surface area contributed by atoms with E-state index in [1.54, 1.807) is 18.3 Å². The molecule has 1 heterocycles. The van der Waals surface area contributed by atoms with E-state index in [2.05, 4.69) is 26.2 Å². The maximum absolute atomic E-state index is 12.5. The molecule has 3 aromatic rings. The molecule has 1 amide bonds. The highest BCUT2D eigenvalue weighted by Crippen LogP contribution is 2.24. The summed E-state index contributed by atoms with van der Waals surface area (Å²) in [6.45, 7) is 0. The van der Waals surface area contributed by atoms with Gasteiger partial charge in [-0.2, -0.15) is 0 Å². The topological polar surface area (TPSA) is 45.2 Å². The molecule has 24 heavy (non-hydrogen) atoms. The number of rotatable bonds is 4. The Morgan fingerprint density at radius 1 is 1.04 bits per heavy atom. The first-order valence-electron chi connectivity index (χ1n) is 7.46. The molecule has 1 aromatic heterocycles. The summed E-state index contributed by atoms with van der Waals surface area (Å²) in [7, 11) is 1.92. The predicted octanol–water partition coefficient (Wildman–Crippen LogP) is 4.86. The minimum atomic E-state index is -0.174. The maximum Gasteiger partial charge on any atom is 0.255 e. The number of hydrogen-bond acceptors (Lipinski definition) is 3. The van der Waals surface area contributed by atoms with Gasteiger partial charge in [-0.05, 0) is 52.3 Å². The fraction of sp³-hybridized carbons (Fsp3) is 0.0526. The highest BCUT2D eigenvalue weighted by Gasteiger charge is 2.11. The van der Waals surface area contributed by atoms with Crippen LogP contribution in [0.25, 0.3) is 0 Å². The van der Waals surface area contributed by atoms with Gasteiger partial charge in [0.2, 0.25) is 0 Å². The predicted molar refractivity (Wildman–Crippen MR) is 101 cm³/mol. The minimum absolute atomic E-state index is 0.174. The van der Waals surface area contributed by atoms with Gasteiger partial charge in [0.05, 0.1) is 5.69 Å². The van der Waals surface area contributed by atoms with Gasteiger partial charge >= 0.3 is 0 Å². The lowest BCUT2D eigenvalue weighted by Crippen LogP contribution is -2.15. The molecule has 0 aliphatic rings. The molecule has 4 nitrogen and oxygen atoms in total. The zero-order chi connectivity index (χ0) is 16.9. The van der Waals surface area contributed by atoms with Crippen molar-refractivity contribution in [2.75, 3.05) is 17.3 Å². The van der Waals surface area contributed by atoms with Crippen LogP contribution >= 0.6 is 15.9 Å². The number of hydrogen-bond donors (Lipinski definition) is 1. The fourth-order valence-electron chi connectivity index (χ4n) is 2.28. The zero-order valence-electron chi connectivity index (χ0n) is 13.1. The molecule has 0 atom stereocenters. The number of amides is 1. The molecule has 0 saturated heterocycles. The largest absolute Gasteiger partial charge is 0.329 e. The molecule has 0 bridgehead atoms. The molecule has 3 rings (SSSR count). The number of anilines is 3. The first-order chi connectivity index (χ1) is 11.6. The summed E-state index contributed by atoms with van der Waals surface area (Å²) in [5.74, 6) is 0.535. The van der Waals surface area contributed by atoms with Crippen molar-refractivity contribution < 1.29 is 4.79 Å². The van der Waals surface area contributed by atoms with Crippen molar-refractivity contribution in [3.63, 3.8) is 0 Å². The van der Waals surface area contributed by atoms with Crippen LogP contribution in [0, 0.1) is 0 Å². The summed E-state index contributed by atoms with van der Waals surface area (Å²) >= 11 is 3.43. The van der Waals surface area contributed by atoms with Crippen LogP contribution in [0.3, 0.4) is 0 Å². The zero-order valence-corrected chi connectivity index (χ0v) is 14.7. The van der Waals surface area contributed by atoms with Crippen molar-refractivity contribution in [2.24, 2.45) is 0 Å².